The Kier molecular flexibility index (Phi) is 4.12. The van der Waals surface area contributed by atoms with Gasteiger partial charge < -0.3 is 14.9 Å². The van der Waals surface area contributed by atoms with E-state index in [1.165, 1.54) is 6.07 Å². The number of nitro benzene ring substituents is 1. The van der Waals surface area contributed by atoms with E-state index in [2.05, 4.69) is 11.8 Å². The van der Waals surface area contributed by atoms with Crippen molar-refractivity contribution in [1.82, 2.24) is 4.90 Å². The maximum atomic E-state index is 13.2. The highest BCUT2D eigenvalue weighted by Crippen LogP contribution is 2.55. The number of likely N-dealkylation sites (tertiary alicyclic amines) is 1. The highest BCUT2D eigenvalue weighted by atomic mass is 16.6. The zero-order chi connectivity index (χ0) is 19.6. The van der Waals surface area contributed by atoms with Crippen molar-refractivity contribution in [2.24, 2.45) is 23.7 Å². The zero-order valence-corrected chi connectivity index (χ0v) is 16.2. The molecule has 7 nitrogen and oxygen atoms in total. The van der Waals surface area contributed by atoms with Gasteiger partial charge in [-0.1, -0.05) is 6.92 Å². The number of amides is 1. The molecule has 150 valence electrons. The highest BCUT2D eigenvalue weighted by Gasteiger charge is 2.60. The second kappa shape index (κ2) is 6.44. The SMILES string of the molecule is C[C@@H]1CCCN(c2ccc(C(=O)N3C[C@@H]4C[C@H]5C[C@H]4[C@H]3[C@@H]5O)cc2[N+](=O)[O-])C1. The maximum Gasteiger partial charge on any atom is 0.293 e. The number of aliphatic hydroxyl groups is 1. The second-order valence-corrected chi connectivity index (χ2v) is 9.25. The van der Waals surface area contributed by atoms with Gasteiger partial charge in [0.25, 0.3) is 11.6 Å². The first kappa shape index (κ1) is 17.9. The molecule has 2 saturated carbocycles. The molecule has 7 heteroatoms. The van der Waals surface area contributed by atoms with Crippen molar-refractivity contribution in [2.75, 3.05) is 24.5 Å². The molecule has 1 aromatic carbocycles. The molecule has 1 N–H and O–H groups in total. The summed E-state index contributed by atoms with van der Waals surface area (Å²) in [6.45, 7) is 4.45. The molecule has 4 aliphatic rings. The molecule has 2 aliphatic heterocycles. The van der Waals surface area contributed by atoms with Crippen LogP contribution in [0.1, 0.15) is 43.0 Å². The summed E-state index contributed by atoms with van der Waals surface area (Å²) in [5.74, 6) is 1.52. The number of hydrogen-bond donors (Lipinski definition) is 1. The number of fused-ring (bicyclic) bond motifs is 1. The fraction of sp³-hybridized carbons (Fsp3) is 0.667. The van der Waals surface area contributed by atoms with Crippen LogP contribution in [0, 0.1) is 33.8 Å². The smallest absolute Gasteiger partial charge is 0.293 e. The molecule has 0 unspecified atom stereocenters. The topological polar surface area (TPSA) is 86.9 Å². The van der Waals surface area contributed by atoms with Crippen molar-refractivity contribution in [2.45, 2.75) is 44.8 Å². The Morgan fingerprint density at radius 3 is 2.79 bits per heavy atom. The first-order valence-electron chi connectivity index (χ1n) is 10.5. The number of anilines is 1. The van der Waals surface area contributed by atoms with Crippen LogP contribution >= 0.6 is 0 Å². The number of aliphatic hydroxyl groups excluding tert-OH is 1. The lowest BCUT2D eigenvalue weighted by Crippen LogP contribution is -2.43. The average molecular weight is 385 g/mol. The monoisotopic (exact) mass is 385 g/mol. The summed E-state index contributed by atoms with van der Waals surface area (Å²) < 4.78 is 0. The van der Waals surface area contributed by atoms with Gasteiger partial charge in [0.15, 0.2) is 0 Å². The van der Waals surface area contributed by atoms with E-state index in [9.17, 15) is 20.0 Å². The standard InChI is InChI=1S/C21H27N3O4/c1-12-3-2-6-22(10-12)17-5-4-13(9-18(17)24(27)28)21(26)23-11-15-7-14-8-16(15)19(23)20(14)25/h4-5,9,12,14-16,19-20,25H,2-3,6-8,10-11H2,1H3/t12-,14+,15+,16-,19+,20-/m1/s1. The van der Waals surface area contributed by atoms with Crippen LogP contribution in [0.3, 0.4) is 0 Å². The summed E-state index contributed by atoms with van der Waals surface area (Å²) >= 11 is 0. The van der Waals surface area contributed by atoms with Gasteiger partial charge in [-0.3, -0.25) is 14.9 Å². The first-order valence-corrected chi connectivity index (χ1v) is 10.5. The summed E-state index contributed by atoms with van der Waals surface area (Å²) in [7, 11) is 0. The molecular weight excluding hydrogens is 358 g/mol. The average Bonchev–Trinajstić information content (AvgIpc) is 3.30. The minimum Gasteiger partial charge on any atom is -0.391 e. The molecule has 0 aromatic heterocycles. The minimum absolute atomic E-state index is 0.00645. The minimum atomic E-state index is -0.447. The third-order valence-electron chi connectivity index (χ3n) is 7.53. The number of benzene rings is 1. The maximum absolute atomic E-state index is 13.2. The van der Waals surface area contributed by atoms with Crippen LogP contribution < -0.4 is 4.90 Å². The Labute approximate surface area is 164 Å². The van der Waals surface area contributed by atoms with Crippen LogP contribution in [0.4, 0.5) is 11.4 Å². The fourth-order valence-corrected chi connectivity index (χ4v) is 6.29. The zero-order valence-electron chi connectivity index (χ0n) is 16.2. The highest BCUT2D eigenvalue weighted by molar-refractivity contribution is 5.96. The van der Waals surface area contributed by atoms with Gasteiger partial charge in [-0.15, -0.1) is 0 Å². The Bertz CT molecular complexity index is 826. The number of nitrogens with zero attached hydrogens (tertiary/aromatic N) is 3. The van der Waals surface area contributed by atoms with Gasteiger partial charge >= 0.3 is 0 Å². The van der Waals surface area contributed by atoms with E-state index in [0.29, 0.717) is 41.5 Å². The van der Waals surface area contributed by atoms with Crippen molar-refractivity contribution >= 4 is 17.3 Å². The van der Waals surface area contributed by atoms with Crippen LogP contribution in [0.2, 0.25) is 0 Å². The normalized spacial score (nSPS) is 36.2. The number of carbonyl (C=O) groups excluding carboxylic acids is 1. The van der Waals surface area contributed by atoms with E-state index in [1.807, 2.05) is 0 Å². The summed E-state index contributed by atoms with van der Waals surface area (Å²) in [5, 5.41) is 22.3. The summed E-state index contributed by atoms with van der Waals surface area (Å²) in [6.07, 6.45) is 3.72. The number of hydrogen-bond acceptors (Lipinski definition) is 5. The van der Waals surface area contributed by atoms with Crippen molar-refractivity contribution in [3.05, 3.63) is 33.9 Å². The molecule has 0 spiro atoms. The molecule has 2 saturated heterocycles. The molecule has 28 heavy (non-hydrogen) atoms. The van der Waals surface area contributed by atoms with Gasteiger partial charge in [-0.05, 0) is 61.5 Å². The number of rotatable bonds is 3. The molecular formula is C21H27N3O4. The van der Waals surface area contributed by atoms with E-state index >= 15 is 0 Å². The number of nitro groups is 1. The Morgan fingerprint density at radius 2 is 2.07 bits per heavy atom. The second-order valence-electron chi connectivity index (χ2n) is 9.25. The van der Waals surface area contributed by atoms with E-state index in [-0.39, 0.29) is 22.6 Å². The summed E-state index contributed by atoms with van der Waals surface area (Å²) in [6, 6.07) is 4.79. The van der Waals surface area contributed by atoms with E-state index in [1.54, 1.807) is 17.0 Å². The number of piperidine rings is 1. The van der Waals surface area contributed by atoms with E-state index in [4.69, 9.17) is 0 Å². The lowest BCUT2D eigenvalue weighted by Gasteiger charge is -2.32. The van der Waals surface area contributed by atoms with Crippen LogP contribution in [0.25, 0.3) is 0 Å². The molecule has 2 heterocycles. The summed E-state index contributed by atoms with van der Waals surface area (Å²) in [5.41, 5.74) is 0.972. The molecule has 6 atom stereocenters. The van der Waals surface area contributed by atoms with E-state index < -0.39 is 6.10 Å². The molecule has 4 fully saturated rings. The predicted molar refractivity (Wildman–Crippen MR) is 104 cm³/mol. The quantitative estimate of drug-likeness (QED) is 0.638. The number of carbonyl (C=O) groups is 1. The Balaban J connectivity index is 1.43. The van der Waals surface area contributed by atoms with Crippen LogP contribution in [-0.2, 0) is 0 Å². The van der Waals surface area contributed by atoms with Gasteiger partial charge in [0.1, 0.15) is 5.69 Å². The van der Waals surface area contributed by atoms with Gasteiger partial charge in [-0.2, -0.15) is 0 Å². The molecule has 1 aromatic rings. The van der Waals surface area contributed by atoms with Crippen molar-refractivity contribution in [3.8, 4) is 0 Å². The van der Waals surface area contributed by atoms with Gasteiger partial charge in [0.2, 0.25) is 0 Å². The summed E-state index contributed by atoms with van der Waals surface area (Å²) in [4.78, 5) is 28.4. The van der Waals surface area contributed by atoms with Gasteiger partial charge in [-0.25, -0.2) is 0 Å². The molecule has 5 rings (SSSR count). The Morgan fingerprint density at radius 1 is 1.25 bits per heavy atom. The first-order chi connectivity index (χ1) is 13.4. The lowest BCUT2D eigenvalue weighted by molar-refractivity contribution is -0.384. The third kappa shape index (κ3) is 2.63. The fourth-order valence-electron chi connectivity index (χ4n) is 6.29. The molecule has 2 aliphatic carbocycles. The molecule has 1 amide bonds. The third-order valence-corrected chi connectivity index (χ3v) is 7.53. The molecule has 0 radical (unpaired) electrons. The van der Waals surface area contributed by atoms with Crippen molar-refractivity contribution in [3.63, 3.8) is 0 Å². The Hall–Kier alpha value is -2.15. The molecule has 2 bridgehead atoms. The van der Waals surface area contributed by atoms with Crippen molar-refractivity contribution < 1.29 is 14.8 Å². The van der Waals surface area contributed by atoms with Gasteiger partial charge in [0.05, 0.1) is 17.1 Å². The lowest BCUT2D eigenvalue weighted by atomic mass is 9.88. The predicted octanol–water partition coefficient (Wildman–Crippen LogP) is 2.67. The van der Waals surface area contributed by atoms with Gasteiger partial charge in [0, 0.05) is 31.3 Å². The van der Waals surface area contributed by atoms with Crippen LogP contribution in [-0.4, -0.2) is 52.6 Å². The van der Waals surface area contributed by atoms with Crippen molar-refractivity contribution in [1.29, 1.82) is 0 Å². The largest absolute Gasteiger partial charge is 0.391 e. The van der Waals surface area contributed by atoms with Crippen LogP contribution in [0.5, 0.6) is 0 Å². The van der Waals surface area contributed by atoms with E-state index in [0.717, 1.165) is 38.8 Å². The van der Waals surface area contributed by atoms with Crippen LogP contribution in [0.15, 0.2) is 18.2 Å².